The number of para-hydroxylation sites is 1. The standard InChI is InChI=1S/C18H17N3O5/c1-11(2)10-25-18(22)20-14-6-4-3-5-13(14)17-19-15-9-12(21(23)24)7-8-16(15)26-17/h3-9,11H,10H2,1-2H3,(H,20,22). The van der Waals surface area contributed by atoms with E-state index in [4.69, 9.17) is 9.15 Å². The van der Waals surface area contributed by atoms with Crippen molar-refractivity contribution >= 4 is 28.6 Å². The number of nitrogens with zero attached hydrogens (tertiary/aromatic N) is 2. The number of carbonyl (C=O) groups excluding carboxylic acids is 1. The number of nitrogens with one attached hydrogen (secondary N) is 1. The fourth-order valence-electron chi connectivity index (χ4n) is 2.31. The molecule has 0 atom stereocenters. The SMILES string of the molecule is CC(C)COC(=O)Nc1ccccc1-c1nc2cc([N+](=O)[O-])ccc2o1. The lowest BCUT2D eigenvalue weighted by atomic mass is 10.2. The number of nitro benzene ring substituents is 1. The molecule has 3 rings (SSSR count). The Bertz CT molecular complexity index is 964. The first-order valence-corrected chi connectivity index (χ1v) is 8.02. The highest BCUT2D eigenvalue weighted by atomic mass is 16.6. The van der Waals surface area contributed by atoms with Crippen molar-refractivity contribution in [2.24, 2.45) is 5.92 Å². The Balaban J connectivity index is 1.91. The molecule has 0 fully saturated rings. The molecule has 0 aliphatic carbocycles. The molecule has 3 aromatic rings. The van der Waals surface area contributed by atoms with E-state index in [2.05, 4.69) is 10.3 Å². The number of hydrogen-bond donors (Lipinski definition) is 1. The number of aromatic nitrogens is 1. The van der Waals surface area contributed by atoms with Gasteiger partial charge in [0.2, 0.25) is 5.89 Å². The number of anilines is 1. The van der Waals surface area contributed by atoms with E-state index in [1.165, 1.54) is 18.2 Å². The Morgan fingerprint density at radius 1 is 1.31 bits per heavy atom. The summed E-state index contributed by atoms with van der Waals surface area (Å²) in [6.45, 7) is 4.19. The average Bonchev–Trinajstić information content (AvgIpc) is 3.03. The van der Waals surface area contributed by atoms with Crippen molar-refractivity contribution < 1.29 is 18.9 Å². The first-order chi connectivity index (χ1) is 12.4. The van der Waals surface area contributed by atoms with Crippen LogP contribution in [-0.2, 0) is 4.74 Å². The Morgan fingerprint density at radius 2 is 2.08 bits per heavy atom. The van der Waals surface area contributed by atoms with Crippen LogP contribution in [0.3, 0.4) is 0 Å². The molecule has 8 nitrogen and oxygen atoms in total. The summed E-state index contributed by atoms with van der Waals surface area (Å²) in [5.74, 6) is 0.476. The van der Waals surface area contributed by atoms with Gasteiger partial charge in [-0.15, -0.1) is 0 Å². The molecular weight excluding hydrogens is 338 g/mol. The van der Waals surface area contributed by atoms with Crippen LogP contribution in [-0.4, -0.2) is 22.6 Å². The van der Waals surface area contributed by atoms with Gasteiger partial charge in [0, 0.05) is 12.1 Å². The van der Waals surface area contributed by atoms with E-state index in [0.29, 0.717) is 29.0 Å². The minimum Gasteiger partial charge on any atom is -0.449 e. The van der Waals surface area contributed by atoms with Gasteiger partial charge in [-0.2, -0.15) is 0 Å². The number of non-ortho nitro benzene ring substituents is 1. The van der Waals surface area contributed by atoms with Crippen molar-refractivity contribution in [3.63, 3.8) is 0 Å². The zero-order valence-corrected chi connectivity index (χ0v) is 14.3. The van der Waals surface area contributed by atoms with E-state index in [9.17, 15) is 14.9 Å². The zero-order valence-electron chi connectivity index (χ0n) is 14.3. The van der Waals surface area contributed by atoms with Crippen LogP contribution < -0.4 is 5.32 Å². The summed E-state index contributed by atoms with van der Waals surface area (Å²) in [6.07, 6.45) is -0.571. The van der Waals surface area contributed by atoms with Gasteiger partial charge < -0.3 is 9.15 Å². The van der Waals surface area contributed by atoms with E-state index < -0.39 is 11.0 Å². The molecule has 8 heteroatoms. The van der Waals surface area contributed by atoms with Gasteiger partial charge in [0.25, 0.3) is 5.69 Å². The molecule has 1 N–H and O–H groups in total. The maximum absolute atomic E-state index is 11.9. The number of rotatable bonds is 5. The third-order valence-electron chi connectivity index (χ3n) is 3.52. The molecule has 0 saturated heterocycles. The third kappa shape index (κ3) is 3.80. The van der Waals surface area contributed by atoms with Crippen LogP contribution in [0.5, 0.6) is 0 Å². The third-order valence-corrected chi connectivity index (χ3v) is 3.52. The van der Waals surface area contributed by atoms with Gasteiger partial charge in [-0.05, 0) is 24.1 Å². The molecule has 0 radical (unpaired) electrons. The molecule has 0 bridgehead atoms. The highest BCUT2D eigenvalue weighted by molar-refractivity contribution is 5.91. The summed E-state index contributed by atoms with van der Waals surface area (Å²) in [5.41, 5.74) is 1.74. The average molecular weight is 355 g/mol. The summed E-state index contributed by atoms with van der Waals surface area (Å²) >= 11 is 0. The number of nitro groups is 1. The molecule has 0 aliphatic rings. The second-order valence-electron chi connectivity index (χ2n) is 6.09. The number of oxazole rings is 1. The van der Waals surface area contributed by atoms with Crippen molar-refractivity contribution in [2.45, 2.75) is 13.8 Å². The molecule has 1 aromatic heterocycles. The normalized spacial score (nSPS) is 10.9. The lowest BCUT2D eigenvalue weighted by Crippen LogP contribution is -2.17. The Hall–Kier alpha value is -3.42. The second kappa shape index (κ2) is 7.22. The van der Waals surface area contributed by atoms with Crippen molar-refractivity contribution in [1.82, 2.24) is 4.98 Å². The summed E-state index contributed by atoms with van der Waals surface area (Å²) in [4.78, 5) is 26.6. The zero-order chi connectivity index (χ0) is 18.7. The summed E-state index contributed by atoms with van der Waals surface area (Å²) in [7, 11) is 0. The summed E-state index contributed by atoms with van der Waals surface area (Å²) in [6, 6.07) is 11.2. The Morgan fingerprint density at radius 3 is 2.81 bits per heavy atom. The topological polar surface area (TPSA) is 108 Å². The number of benzene rings is 2. The van der Waals surface area contributed by atoms with Gasteiger partial charge in [-0.25, -0.2) is 9.78 Å². The van der Waals surface area contributed by atoms with Crippen LogP contribution >= 0.6 is 0 Å². The summed E-state index contributed by atoms with van der Waals surface area (Å²) in [5, 5.41) is 13.6. The quantitative estimate of drug-likeness (QED) is 0.529. The van der Waals surface area contributed by atoms with E-state index in [1.807, 2.05) is 13.8 Å². The largest absolute Gasteiger partial charge is 0.449 e. The fraction of sp³-hybridized carbons (Fsp3) is 0.222. The molecule has 1 amide bonds. The first kappa shape index (κ1) is 17.4. The minimum absolute atomic E-state index is 0.0685. The maximum Gasteiger partial charge on any atom is 0.411 e. The maximum atomic E-state index is 11.9. The lowest BCUT2D eigenvalue weighted by Gasteiger charge is -2.10. The molecule has 1 heterocycles. The van der Waals surface area contributed by atoms with E-state index in [-0.39, 0.29) is 17.5 Å². The van der Waals surface area contributed by atoms with Gasteiger partial charge in [0.05, 0.1) is 22.8 Å². The van der Waals surface area contributed by atoms with Crippen molar-refractivity contribution in [3.05, 3.63) is 52.6 Å². The molecule has 0 unspecified atom stereocenters. The van der Waals surface area contributed by atoms with Crippen molar-refractivity contribution in [2.75, 3.05) is 11.9 Å². The lowest BCUT2D eigenvalue weighted by molar-refractivity contribution is -0.384. The van der Waals surface area contributed by atoms with Crippen molar-refractivity contribution in [1.29, 1.82) is 0 Å². The first-order valence-electron chi connectivity index (χ1n) is 8.02. The van der Waals surface area contributed by atoms with Crippen LogP contribution in [0.1, 0.15) is 13.8 Å². The molecular formula is C18H17N3O5. The molecule has 0 aliphatic heterocycles. The van der Waals surface area contributed by atoms with Gasteiger partial charge in [0.1, 0.15) is 5.52 Å². The Kier molecular flexibility index (Phi) is 4.83. The van der Waals surface area contributed by atoms with Crippen LogP contribution in [0, 0.1) is 16.0 Å². The number of hydrogen-bond acceptors (Lipinski definition) is 6. The molecule has 134 valence electrons. The number of amides is 1. The minimum atomic E-state index is -0.571. The van der Waals surface area contributed by atoms with E-state index in [1.54, 1.807) is 24.3 Å². The number of fused-ring (bicyclic) bond motifs is 1. The van der Waals surface area contributed by atoms with Crippen LogP contribution in [0.2, 0.25) is 0 Å². The predicted octanol–water partition coefficient (Wildman–Crippen LogP) is 4.61. The van der Waals surface area contributed by atoms with Gasteiger partial charge in [-0.3, -0.25) is 15.4 Å². The van der Waals surface area contributed by atoms with Gasteiger partial charge in [-0.1, -0.05) is 26.0 Å². The number of ether oxygens (including phenoxy) is 1. The molecule has 2 aromatic carbocycles. The van der Waals surface area contributed by atoms with Gasteiger partial charge >= 0.3 is 6.09 Å². The van der Waals surface area contributed by atoms with Crippen LogP contribution in [0.4, 0.5) is 16.2 Å². The monoisotopic (exact) mass is 355 g/mol. The highest BCUT2D eigenvalue weighted by Gasteiger charge is 2.16. The van der Waals surface area contributed by atoms with E-state index >= 15 is 0 Å². The van der Waals surface area contributed by atoms with Crippen molar-refractivity contribution in [3.8, 4) is 11.5 Å². The van der Waals surface area contributed by atoms with Crippen LogP contribution in [0.25, 0.3) is 22.6 Å². The number of carbonyl (C=O) groups is 1. The predicted molar refractivity (Wildman–Crippen MR) is 95.9 cm³/mol. The summed E-state index contributed by atoms with van der Waals surface area (Å²) < 4.78 is 10.8. The molecule has 26 heavy (non-hydrogen) atoms. The molecule has 0 spiro atoms. The molecule has 0 saturated carbocycles. The van der Waals surface area contributed by atoms with Crippen LogP contribution in [0.15, 0.2) is 46.9 Å². The smallest absolute Gasteiger partial charge is 0.411 e. The van der Waals surface area contributed by atoms with E-state index in [0.717, 1.165) is 0 Å². The highest BCUT2D eigenvalue weighted by Crippen LogP contribution is 2.31. The fourth-order valence-corrected chi connectivity index (χ4v) is 2.31. The Labute approximate surface area is 148 Å². The second-order valence-corrected chi connectivity index (χ2v) is 6.09. The van der Waals surface area contributed by atoms with Gasteiger partial charge in [0.15, 0.2) is 5.58 Å².